The summed E-state index contributed by atoms with van der Waals surface area (Å²) in [6, 6.07) is 36.6. The quantitative estimate of drug-likeness (QED) is 0.0345. The van der Waals surface area contributed by atoms with E-state index in [1.807, 2.05) is 112 Å². The van der Waals surface area contributed by atoms with Gasteiger partial charge in [-0.3, -0.25) is 53.3 Å². The number of anilines is 6. The number of benzene rings is 4. The number of hydrogen-bond acceptors (Lipinski definition) is 13. The fourth-order valence-electron chi connectivity index (χ4n) is 14.2. The monoisotopic (exact) mass is 1450 g/mol. The highest BCUT2D eigenvalue weighted by molar-refractivity contribution is 6.08. The third-order valence-electron chi connectivity index (χ3n) is 19.9. The Labute approximate surface area is 625 Å². The summed E-state index contributed by atoms with van der Waals surface area (Å²) in [5, 5.41) is 17.3. The van der Waals surface area contributed by atoms with E-state index in [1.54, 1.807) is 130 Å². The first kappa shape index (κ1) is 73.6. The van der Waals surface area contributed by atoms with E-state index in [0.29, 0.717) is 106 Å². The van der Waals surface area contributed by atoms with Crippen molar-refractivity contribution in [3.8, 4) is 33.8 Å². The molecule has 6 N–H and O–H groups in total. The molecule has 554 valence electrons. The minimum absolute atomic E-state index is 0.0129. The van der Waals surface area contributed by atoms with Crippen molar-refractivity contribution < 1.29 is 47.8 Å². The first-order valence-corrected chi connectivity index (χ1v) is 36.5. The predicted octanol–water partition coefficient (Wildman–Crippen LogP) is 13.7. The number of piperidine rings is 2. The number of amides is 8. The van der Waals surface area contributed by atoms with Crippen LogP contribution in [0.2, 0.25) is 0 Å². The van der Waals surface area contributed by atoms with Gasteiger partial charge in [0.25, 0.3) is 35.4 Å². The first-order valence-electron chi connectivity index (χ1n) is 36.5. The third-order valence-corrected chi connectivity index (χ3v) is 19.9. The molecule has 0 spiro atoms. The summed E-state index contributed by atoms with van der Waals surface area (Å²) in [7, 11) is 7.12. The van der Waals surface area contributed by atoms with Gasteiger partial charge in [0.05, 0.1) is 41.9 Å². The Morgan fingerprint density at radius 2 is 0.861 bits per heavy atom. The molecule has 25 heteroatoms. The SMILES string of the molecule is Cc1cc2c(cc1OCCCC(=O)Nc1cc(C(=O)Nc3ccc(-c4cc(C(=O)Nc5ccncc5)n(C)c4)cc3)n(C)c1)CC[C@@H]1CCCCN1C2=O.Cc1cc2c(cc1OCCCC(=O)Nc1cc(C(=O)Nc3ccc(-c4cc(C(=O)Nc5ccncc5)n(C)c4)cc3)n(C)c1)N=C[C@@H]1CCCCN1C2=O. The maximum Gasteiger partial charge on any atom is 0.272 e. The molecular weight excluding hydrogens is 1370 g/mol. The van der Waals surface area contributed by atoms with E-state index >= 15 is 0 Å². The zero-order valence-electron chi connectivity index (χ0n) is 61.3. The van der Waals surface area contributed by atoms with Crippen molar-refractivity contribution in [2.45, 2.75) is 103 Å². The van der Waals surface area contributed by atoms with Gasteiger partial charge < -0.3 is 69.4 Å². The molecule has 4 aliphatic heterocycles. The van der Waals surface area contributed by atoms with E-state index < -0.39 is 0 Å². The molecule has 10 aromatic rings. The lowest BCUT2D eigenvalue weighted by atomic mass is 9.97. The standard InChI is InChI=1S/C42H45N7O5.C41H42N8O5/c1-27-21-35-29(11-14-34-7-4-5-19-49(34)42(35)53)23-38(27)54-20-6-8-39(50)44-33-24-37(48(3)26-33)41(52)45-31-12-9-28(10-13-31)30-22-36(47(2)25-30)40(51)46-32-15-17-43-18-16-32;1-26-19-33-34(43-23-32-7-4-5-17-49(32)41(33)53)22-37(26)54-18-6-8-38(50)44-31-21-36(48(3)25-31)40(52)45-29-11-9-27(10-12-29)28-20-35(47(2)24-28)39(51)46-30-13-15-42-16-14-30/h9-10,12-13,15-18,21-26,34H,4-8,11,14,19-20H2,1-3H3,(H,44,50)(H,45,52)(H,43,46,51);9-16,19-25,32H,4-8,17-18H2,1-3H3,(H,44,50)(H,45,52)(H,42,46,51)/t34-;32-/m00/s1. The molecule has 4 aromatic carbocycles. The van der Waals surface area contributed by atoms with Gasteiger partial charge in [0, 0.05) is 161 Å². The molecule has 0 aliphatic carbocycles. The van der Waals surface area contributed by atoms with Crippen LogP contribution in [0.3, 0.4) is 0 Å². The van der Waals surface area contributed by atoms with E-state index in [4.69, 9.17) is 9.47 Å². The predicted molar refractivity (Wildman–Crippen MR) is 416 cm³/mol. The van der Waals surface area contributed by atoms with Gasteiger partial charge >= 0.3 is 0 Å². The summed E-state index contributed by atoms with van der Waals surface area (Å²) in [5.74, 6) is 0.0713. The van der Waals surface area contributed by atoms with Crippen molar-refractivity contribution >= 4 is 93.3 Å². The second-order valence-corrected chi connectivity index (χ2v) is 27.8. The van der Waals surface area contributed by atoms with Crippen LogP contribution < -0.4 is 41.4 Å². The van der Waals surface area contributed by atoms with E-state index in [0.717, 1.165) is 108 Å². The molecule has 0 radical (unpaired) electrons. The molecule has 2 saturated heterocycles. The number of aryl methyl sites for hydroxylation is 7. The summed E-state index contributed by atoms with van der Waals surface area (Å²) >= 11 is 0. The Hall–Kier alpha value is -12.7. The van der Waals surface area contributed by atoms with Gasteiger partial charge in [-0.05, 0) is 197 Å². The van der Waals surface area contributed by atoms with Gasteiger partial charge in [0.15, 0.2) is 0 Å². The highest BCUT2D eigenvalue weighted by atomic mass is 16.5. The number of carbonyl (C=O) groups excluding carboxylic acids is 8. The molecule has 108 heavy (non-hydrogen) atoms. The van der Waals surface area contributed by atoms with Crippen LogP contribution in [0, 0.1) is 13.8 Å². The Morgan fingerprint density at radius 3 is 1.36 bits per heavy atom. The number of nitrogens with one attached hydrogen (secondary N) is 6. The zero-order valence-corrected chi connectivity index (χ0v) is 61.3. The average molecular weight is 1450 g/mol. The summed E-state index contributed by atoms with van der Waals surface area (Å²) < 4.78 is 19.0. The number of aliphatic imine (C=N–C) groups is 1. The summed E-state index contributed by atoms with van der Waals surface area (Å²) in [5.41, 5.74) is 13.6. The Kier molecular flexibility index (Phi) is 22.6. The van der Waals surface area contributed by atoms with Gasteiger partial charge in [0.2, 0.25) is 11.8 Å². The largest absolute Gasteiger partial charge is 0.493 e. The molecular formula is C83H87N15O10. The summed E-state index contributed by atoms with van der Waals surface area (Å²) in [6.45, 7) is 6.13. The zero-order chi connectivity index (χ0) is 75.5. The highest BCUT2D eigenvalue weighted by Gasteiger charge is 2.34. The molecule has 8 amide bonds. The van der Waals surface area contributed by atoms with Crippen molar-refractivity contribution in [1.82, 2.24) is 38.0 Å². The smallest absolute Gasteiger partial charge is 0.272 e. The Bertz CT molecular complexity index is 5050. The maximum absolute atomic E-state index is 13.3. The van der Waals surface area contributed by atoms with E-state index in [-0.39, 0.29) is 66.1 Å². The number of fused-ring (bicyclic) bond motifs is 4. The molecule has 2 atom stereocenters. The number of nitrogens with zero attached hydrogens (tertiary/aromatic N) is 9. The van der Waals surface area contributed by atoms with E-state index in [2.05, 4.69) is 51.8 Å². The maximum atomic E-state index is 13.3. The fourth-order valence-corrected chi connectivity index (χ4v) is 14.2. The Balaban J connectivity index is 0.000000190. The number of rotatable bonds is 22. The lowest BCUT2D eigenvalue weighted by molar-refractivity contribution is -0.117. The molecule has 0 bridgehead atoms. The van der Waals surface area contributed by atoms with E-state index in [1.165, 1.54) is 6.42 Å². The van der Waals surface area contributed by atoms with Crippen molar-refractivity contribution in [3.63, 3.8) is 0 Å². The van der Waals surface area contributed by atoms with Crippen LogP contribution in [0.15, 0.2) is 176 Å². The number of ether oxygens (including phenoxy) is 2. The van der Waals surface area contributed by atoms with Crippen LogP contribution >= 0.6 is 0 Å². The van der Waals surface area contributed by atoms with E-state index in [9.17, 15) is 38.4 Å². The van der Waals surface area contributed by atoms with Gasteiger partial charge in [-0.15, -0.1) is 0 Å². The third kappa shape index (κ3) is 17.5. The number of pyridine rings is 2. The van der Waals surface area contributed by atoms with Crippen LogP contribution in [-0.2, 0) is 44.2 Å². The molecule has 25 nitrogen and oxygen atoms in total. The normalized spacial score (nSPS) is 15.0. The highest BCUT2D eigenvalue weighted by Crippen LogP contribution is 2.36. The Morgan fingerprint density at radius 1 is 0.435 bits per heavy atom. The minimum atomic E-state index is -0.327. The van der Waals surface area contributed by atoms with Crippen LogP contribution in [0.25, 0.3) is 22.3 Å². The number of aromatic nitrogens is 6. The van der Waals surface area contributed by atoms with Gasteiger partial charge in [0.1, 0.15) is 34.3 Å². The number of carbonyl (C=O) groups is 8. The lowest BCUT2D eigenvalue weighted by Crippen LogP contribution is -2.43. The van der Waals surface area contributed by atoms with Crippen molar-refractivity contribution in [3.05, 3.63) is 221 Å². The molecule has 6 aromatic heterocycles. The topological polar surface area (TPSA) is 292 Å². The first-order chi connectivity index (χ1) is 52.2. The summed E-state index contributed by atoms with van der Waals surface area (Å²) in [6.07, 6.45) is 25.1. The number of hydrogen-bond donors (Lipinski definition) is 6. The molecule has 10 heterocycles. The van der Waals surface area contributed by atoms with Crippen LogP contribution in [-0.4, -0.2) is 130 Å². The van der Waals surface area contributed by atoms with Crippen molar-refractivity contribution in [1.29, 1.82) is 0 Å². The van der Waals surface area contributed by atoms with Gasteiger partial charge in [-0.25, -0.2) is 0 Å². The van der Waals surface area contributed by atoms with Crippen LogP contribution in [0.1, 0.15) is 150 Å². The molecule has 2 fully saturated rings. The lowest BCUT2D eigenvalue weighted by Gasteiger charge is -2.34. The second-order valence-electron chi connectivity index (χ2n) is 27.8. The minimum Gasteiger partial charge on any atom is -0.493 e. The molecule has 0 saturated carbocycles. The average Bonchev–Trinajstić information content (AvgIpc) is 1.59. The van der Waals surface area contributed by atoms with Crippen molar-refractivity contribution in [2.24, 2.45) is 33.2 Å². The molecule has 4 aliphatic rings. The van der Waals surface area contributed by atoms with Crippen LogP contribution in [0.5, 0.6) is 11.5 Å². The molecule has 14 rings (SSSR count). The fraction of sp³-hybridized carbons (Fsp3) is 0.289. The van der Waals surface area contributed by atoms with Gasteiger partial charge in [-0.2, -0.15) is 0 Å². The molecule has 0 unspecified atom stereocenters. The summed E-state index contributed by atoms with van der Waals surface area (Å²) in [4.78, 5) is 121. The van der Waals surface area contributed by atoms with Crippen LogP contribution in [0.4, 0.5) is 39.8 Å². The van der Waals surface area contributed by atoms with Gasteiger partial charge in [-0.1, -0.05) is 24.3 Å². The van der Waals surface area contributed by atoms with Crippen molar-refractivity contribution in [2.75, 3.05) is 58.2 Å². The second kappa shape index (κ2) is 33.2.